The molecule has 0 fully saturated rings. The van der Waals surface area contributed by atoms with Gasteiger partial charge >= 0.3 is 5.97 Å². The lowest BCUT2D eigenvalue weighted by Gasteiger charge is -2.16. The summed E-state index contributed by atoms with van der Waals surface area (Å²) in [6.45, 7) is 0. The van der Waals surface area contributed by atoms with Gasteiger partial charge in [-0.05, 0) is 35.4 Å². The maximum atomic E-state index is 12.3. The molecule has 7 nitrogen and oxygen atoms in total. The molecule has 1 unspecified atom stereocenters. The van der Waals surface area contributed by atoms with Gasteiger partial charge < -0.3 is 20.4 Å². The summed E-state index contributed by atoms with van der Waals surface area (Å²) in [4.78, 5) is 24.4. The van der Waals surface area contributed by atoms with Crippen LogP contribution in [-0.4, -0.2) is 36.0 Å². The number of rotatable bonds is 5. The highest BCUT2D eigenvalue weighted by atomic mass is 16.5. The van der Waals surface area contributed by atoms with Crippen LogP contribution in [0.15, 0.2) is 48.7 Å². The Morgan fingerprint density at radius 2 is 1.85 bits per heavy atom. The summed E-state index contributed by atoms with van der Waals surface area (Å²) < 4.78 is 11.0. The van der Waals surface area contributed by atoms with Gasteiger partial charge in [-0.15, -0.1) is 0 Å². The molecule has 1 aromatic heterocycles. The van der Waals surface area contributed by atoms with E-state index in [1.807, 2.05) is 0 Å². The number of hydrogen-bond donors (Lipinski definition) is 2. The van der Waals surface area contributed by atoms with Crippen LogP contribution in [0.4, 0.5) is 0 Å². The van der Waals surface area contributed by atoms with Gasteiger partial charge in [0, 0.05) is 11.6 Å². The minimum Gasteiger partial charge on any atom is -0.497 e. The molecule has 0 saturated carbocycles. The lowest BCUT2D eigenvalue weighted by atomic mass is 9.87. The Bertz CT molecular complexity index is 993. The highest BCUT2D eigenvalue weighted by molar-refractivity contribution is 5.98. The molecule has 1 heterocycles. The Kier molecular flexibility index (Phi) is 4.53. The summed E-state index contributed by atoms with van der Waals surface area (Å²) >= 11 is 0. The van der Waals surface area contributed by atoms with E-state index >= 15 is 0 Å². The highest BCUT2D eigenvalue weighted by Gasteiger charge is 2.29. The second-order valence-electron chi connectivity index (χ2n) is 5.73. The smallest absolute Gasteiger partial charge is 0.338 e. The van der Waals surface area contributed by atoms with Crippen LogP contribution in [-0.2, 0) is 9.53 Å². The van der Waals surface area contributed by atoms with E-state index in [4.69, 9.17) is 15.2 Å². The lowest BCUT2D eigenvalue weighted by molar-refractivity contribution is -0.118. The van der Waals surface area contributed by atoms with Gasteiger partial charge in [-0.3, -0.25) is 4.79 Å². The van der Waals surface area contributed by atoms with Gasteiger partial charge in [0.2, 0.25) is 5.91 Å². The second kappa shape index (κ2) is 6.79. The van der Waals surface area contributed by atoms with Crippen LogP contribution in [0.1, 0.15) is 27.4 Å². The number of hydrogen-bond acceptors (Lipinski definition) is 5. The van der Waals surface area contributed by atoms with Crippen molar-refractivity contribution in [2.75, 3.05) is 14.2 Å². The van der Waals surface area contributed by atoms with Crippen LogP contribution >= 0.6 is 0 Å². The first kappa shape index (κ1) is 17.3. The molecule has 7 heteroatoms. The third kappa shape index (κ3) is 2.83. The van der Waals surface area contributed by atoms with Crippen molar-refractivity contribution < 1.29 is 24.3 Å². The Morgan fingerprint density at radius 1 is 1.12 bits per heavy atom. The Labute approximate surface area is 149 Å². The van der Waals surface area contributed by atoms with Gasteiger partial charge in [0.15, 0.2) is 0 Å². The Morgan fingerprint density at radius 3 is 2.50 bits per heavy atom. The van der Waals surface area contributed by atoms with E-state index < -0.39 is 17.8 Å². The number of benzene rings is 2. The minimum absolute atomic E-state index is 0.237. The molecule has 1 amide bonds. The standard InChI is InChI=1S/C19H18N2O5/c1-25-11-7-8-16-14(9-11)15(10-21(16)24)17(18(20)22)12-5-3-4-6-13(12)19(23)26-2/h3-10,17,24H,1-2H3,(H2,20,22). The van der Waals surface area contributed by atoms with Gasteiger partial charge in [-0.25, -0.2) is 4.79 Å². The number of nitrogens with two attached hydrogens (primary N) is 1. The fraction of sp³-hybridized carbons (Fsp3) is 0.158. The lowest BCUT2D eigenvalue weighted by Crippen LogP contribution is -2.24. The fourth-order valence-corrected chi connectivity index (χ4v) is 3.09. The Hall–Kier alpha value is -3.48. The van der Waals surface area contributed by atoms with Gasteiger partial charge in [-0.1, -0.05) is 18.2 Å². The first-order valence-electron chi connectivity index (χ1n) is 7.82. The molecule has 1 atom stereocenters. The van der Waals surface area contributed by atoms with Crippen LogP contribution in [0.3, 0.4) is 0 Å². The van der Waals surface area contributed by atoms with E-state index in [1.54, 1.807) is 42.5 Å². The number of primary amides is 1. The number of esters is 1. The van der Waals surface area contributed by atoms with E-state index in [1.165, 1.54) is 20.4 Å². The summed E-state index contributed by atoms with van der Waals surface area (Å²) in [5, 5.41) is 10.8. The number of carbonyl (C=O) groups is 2. The van der Waals surface area contributed by atoms with Gasteiger partial charge in [0.1, 0.15) is 5.75 Å². The van der Waals surface area contributed by atoms with Crippen LogP contribution in [0, 0.1) is 0 Å². The molecule has 134 valence electrons. The third-order valence-electron chi connectivity index (χ3n) is 4.30. The minimum atomic E-state index is -0.951. The first-order chi connectivity index (χ1) is 12.5. The highest BCUT2D eigenvalue weighted by Crippen LogP contribution is 2.35. The quantitative estimate of drug-likeness (QED) is 0.540. The zero-order chi connectivity index (χ0) is 18.8. The van der Waals surface area contributed by atoms with Crippen LogP contribution in [0.25, 0.3) is 10.9 Å². The van der Waals surface area contributed by atoms with Gasteiger partial charge in [-0.2, -0.15) is 4.73 Å². The molecule has 3 aromatic rings. The fourth-order valence-electron chi connectivity index (χ4n) is 3.09. The number of nitrogens with zero attached hydrogens (tertiary/aromatic N) is 1. The zero-order valence-electron chi connectivity index (χ0n) is 14.3. The van der Waals surface area contributed by atoms with Crippen LogP contribution < -0.4 is 10.5 Å². The molecular weight excluding hydrogens is 336 g/mol. The topological polar surface area (TPSA) is 104 Å². The van der Waals surface area contributed by atoms with Crippen LogP contribution in [0.5, 0.6) is 5.75 Å². The summed E-state index contributed by atoms with van der Waals surface area (Å²) in [7, 11) is 2.79. The number of amides is 1. The maximum Gasteiger partial charge on any atom is 0.338 e. The molecule has 0 radical (unpaired) electrons. The van der Waals surface area contributed by atoms with E-state index in [-0.39, 0.29) is 5.56 Å². The summed E-state index contributed by atoms with van der Waals surface area (Å²) in [6.07, 6.45) is 1.41. The summed E-state index contributed by atoms with van der Waals surface area (Å²) in [5.74, 6) is -1.61. The number of methoxy groups -OCH3 is 2. The van der Waals surface area contributed by atoms with Crippen molar-refractivity contribution in [2.24, 2.45) is 5.73 Å². The number of carbonyl (C=O) groups excluding carboxylic acids is 2. The molecule has 26 heavy (non-hydrogen) atoms. The molecule has 0 aliphatic rings. The molecule has 2 aromatic carbocycles. The van der Waals surface area contributed by atoms with Crippen molar-refractivity contribution in [3.8, 4) is 5.75 Å². The van der Waals surface area contributed by atoms with Crippen molar-refractivity contribution >= 4 is 22.8 Å². The van der Waals surface area contributed by atoms with E-state index in [0.29, 0.717) is 27.8 Å². The molecule has 3 rings (SSSR count). The molecule has 0 spiro atoms. The van der Waals surface area contributed by atoms with Crippen molar-refractivity contribution in [1.29, 1.82) is 0 Å². The molecule has 0 aliphatic carbocycles. The molecule has 0 bridgehead atoms. The monoisotopic (exact) mass is 354 g/mol. The Balaban J connectivity index is 2.27. The molecule has 0 saturated heterocycles. The number of aromatic nitrogens is 1. The zero-order valence-corrected chi connectivity index (χ0v) is 14.3. The summed E-state index contributed by atoms with van der Waals surface area (Å²) in [5.41, 5.74) is 7.26. The van der Waals surface area contributed by atoms with E-state index in [9.17, 15) is 14.8 Å². The second-order valence-corrected chi connectivity index (χ2v) is 5.73. The van der Waals surface area contributed by atoms with E-state index in [2.05, 4.69) is 0 Å². The normalized spacial score (nSPS) is 11.9. The van der Waals surface area contributed by atoms with Gasteiger partial charge in [0.25, 0.3) is 0 Å². The molecule has 3 N–H and O–H groups in total. The van der Waals surface area contributed by atoms with E-state index in [0.717, 1.165) is 4.73 Å². The van der Waals surface area contributed by atoms with Crippen molar-refractivity contribution in [2.45, 2.75) is 5.92 Å². The van der Waals surface area contributed by atoms with Crippen molar-refractivity contribution in [3.63, 3.8) is 0 Å². The van der Waals surface area contributed by atoms with Gasteiger partial charge in [0.05, 0.1) is 31.2 Å². The van der Waals surface area contributed by atoms with Crippen molar-refractivity contribution in [3.05, 3.63) is 65.4 Å². The molecule has 0 aliphatic heterocycles. The molecular formula is C19H18N2O5. The first-order valence-corrected chi connectivity index (χ1v) is 7.82. The predicted molar refractivity (Wildman–Crippen MR) is 94.5 cm³/mol. The largest absolute Gasteiger partial charge is 0.497 e. The summed E-state index contributed by atoms with van der Waals surface area (Å²) in [6, 6.07) is 11.7. The number of ether oxygens (including phenoxy) is 2. The number of fused-ring (bicyclic) bond motifs is 1. The van der Waals surface area contributed by atoms with Crippen molar-refractivity contribution in [1.82, 2.24) is 4.73 Å². The maximum absolute atomic E-state index is 12.3. The van der Waals surface area contributed by atoms with Crippen LogP contribution in [0.2, 0.25) is 0 Å². The third-order valence-corrected chi connectivity index (χ3v) is 4.30. The average Bonchev–Trinajstić information content (AvgIpc) is 2.97. The predicted octanol–water partition coefficient (Wildman–Crippen LogP) is 2.29. The SMILES string of the molecule is COC(=O)c1ccccc1C(C(N)=O)c1cn(O)c2ccc(OC)cc12. The average molecular weight is 354 g/mol.